The zero-order valence-corrected chi connectivity index (χ0v) is 18.5. The zero-order chi connectivity index (χ0) is 20.2. The number of terminal acetylenes is 1. The molecule has 0 amide bonds. The van der Waals surface area contributed by atoms with Crippen LogP contribution in [0.25, 0.3) is 0 Å². The van der Waals surface area contributed by atoms with E-state index in [9.17, 15) is 0 Å². The van der Waals surface area contributed by atoms with Crippen LogP contribution in [0.15, 0.2) is 35.7 Å². The van der Waals surface area contributed by atoms with Crippen molar-refractivity contribution in [2.45, 2.75) is 92.9 Å². The van der Waals surface area contributed by atoms with E-state index in [-0.39, 0.29) is 5.41 Å². The summed E-state index contributed by atoms with van der Waals surface area (Å²) in [7, 11) is 0. The fourth-order valence-corrected chi connectivity index (χ4v) is 2.91. The summed E-state index contributed by atoms with van der Waals surface area (Å²) in [5.74, 6) is 3.35. The number of hydrogen-bond acceptors (Lipinski definition) is 1. The lowest BCUT2D eigenvalue weighted by Crippen LogP contribution is -2.10. The van der Waals surface area contributed by atoms with Gasteiger partial charge in [-0.2, -0.15) is 0 Å². The predicted molar refractivity (Wildman–Crippen MR) is 118 cm³/mol. The molecule has 0 aromatic heterocycles. The highest BCUT2D eigenvalue weighted by Gasteiger charge is 2.26. The molecule has 1 aromatic rings. The van der Waals surface area contributed by atoms with Gasteiger partial charge in [0, 0.05) is 5.92 Å². The van der Waals surface area contributed by atoms with Crippen LogP contribution in [-0.4, -0.2) is 0 Å². The van der Waals surface area contributed by atoms with Gasteiger partial charge in [-0.25, -0.2) is 0 Å². The van der Waals surface area contributed by atoms with Gasteiger partial charge >= 0.3 is 0 Å². The summed E-state index contributed by atoms with van der Waals surface area (Å²) in [5.41, 5.74) is 5.53. The number of hydrogen-bond donors (Lipinski definition) is 1. The van der Waals surface area contributed by atoms with Crippen LogP contribution in [0, 0.1) is 18.3 Å². The molecule has 0 unspecified atom stereocenters. The normalized spacial score (nSPS) is 12.3. The molecule has 1 aliphatic rings. The molecule has 1 aliphatic heterocycles. The third-order valence-corrected chi connectivity index (χ3v) is 4.49. The van der Waals surface area contributed by atoms with E-state index in [0.717, 1.165) is 12.1 Å². The van der Waals surface area contributed by atoms with Gasteiger partial charge in [0.05, 0.1) is 5.70 Å². The van der Waals surface area contributed by atoms with Crippen LogP contribution in [0.1, 0.15) is 92.2 Å². The van der Waals surface area contributed by atoms with Crippen LogP contribution in [0.3, 0.4) is 0 Å². The van der Waals surface area contributed by atoms with E-state index in [1.54, 1.807) is 0 Å². The zero-order valence-electron chi connectivity index (χ0n) is 18.5. The first-order valence-electron chi connectivity index (χ1n) is 10.4. The van der Waals surface area contributed by atoms with Gasteiger partial charge in [-0.3, -0.25) is 0 Å². The molecule has 26 heavy (non-hydrogen) atoms. The Morgan fingerprint density at radius 3 is 2.00 bits per heavy atom. The van der Waals surface area contributed by atoms with E-state index in [1.807, 2.05) is 13.8 Å². The molecule has 0 saturated heterocycles. The molecule has 0 spiro atoms. The smallest absolute Gasteiger partial charge is 0.109 e. The molecule has 1 heterocycles. The molecule has 0 radical (unpaired) electrons. The highest BCUT2D eigenvalue weighted by atomic mass is 15.0. The molecule has 0 atom stereocenters. The summed E-state index contributed by atoms with van der Waals surface area (Å²) in [6.07, 6.45) is 11.4. The van der Waals surface area contributed by atoms with Gasteiger partial charge in [-0.15, -0.1) is 6.42 Å². The van der Waals surface area contributed by atoms with E-state index in [1.165, 1.54) is 42.5 Å². The summed E-state index contributed by atoms with van der Waals surface area (Å²) < 4.78 is 0. The first-order chi connectivity index (χ1) is 12.4. The van der Waals surface area contributed by atoms with Gasteiger partial charge in [0.25, 0.3) is 0 Å². The van der Waals surface area contributed by atoms with Gasteiger partial charge in [-0.1, -0.05) is 98.4 Å². The topological polar surface area (TPSA) is 21.9 Å². The Bertz CT molecular complexity index is 575. The molecule has 0 saturated carbocycles. The number of aryl methyl sites for hydroxylation is 1. The third kappa shape index (κ3) is 8.61. The maximum Gasteiger partial charge on any atom is 0.109 e. The molecule has 1 heteroatoms. The second-order valence-corrected chi connectivity index (χ2v) is 7.64. The molecular weight excluding hydrogens is 314 g/mol. The lowest BCUT2D eigenvalue weighted by atomic mass is 9.86. The summed E-state index contributed by atoms with van der Waals surface area (Å²) in [4.78, 5) is 0. The van der Waals surface area contributed by atoms with Crippen molar-refractivity contribution in [2.24, 2.45) is 5.92 Å². The van der Waals surface area contributed by atoms with E-state index in [2.05, 4.69) is 77.0 Å². The van der Waals surface area contributed by atoms with Crippen molar-refractivity contribution in [1.82, 2.24) is 5.32 Å². The fraction of sp³-hybridized carbons (Fsp3) is 0.600. The summed E-state index contributed by atoms with van der Waals surface area (Å²) in [6.45, 7) is 17.4. The van der Waals surface area contributed by atoms with Crippen molar-refractivity contribution in [3.8, 4) is 12.3 Å². The minimum atomic E-state index is 0.283. The number of rotatable bonds is 6. The quantitative estimate of drug-likeness (QED) is 0.534. The average Bonchev–Trinajstić information content (AvgIpc) is 3.43. The average molecular weight is 356 g/mol. The van der Waals surface area contributed by atoms with Crippen LogP contribution in [0.2, 0.25) is 0 Å². The number of benzene rings is 1. The Balaban J connectivity index is 0.000000439. The Labute approximate surface area is 163 Å². The van der Waals surface area contributed by atoms with E-state index in [0.29, 0.717) is 5.92 Å². The van der Waals surface area contributed by atoms with Crippen molar-refractivity contribution < 1.29 is 0 Å². The minimum Gasteiger partial charge on any atom is -0.348 e. The third-order valence-electron chi connectivity index (χ3n) is 4.49. The van der Waals surface area contributed by atoms with Gasteiger partial charge in [0.15, 0.2) is 0 Å². The Morgan fingerprint density at radius 1 is 1.04 bits per heavy atom. The molecule has 146 valence electrons. The Kier molecular flexibility index (Phi) is 11.8. The number of allylic oxidation sites excluding steroid dienone is 2. The summed E-state index contributed by atoms with van der Waals surface area (Å²) in [6, 6.07) is 8.85. The Hall–Kier alpha value is -1.68. The molecule has 1 aromatic carbocycles. The molecule has 1 nitrogen and oxygen atoms in total. The van der Waals surface area contributed by atoms with Crippen LogP contribution in [0.4, 0.5) is 0 Å². The molecule has 0 fully saturated rings. The summed E-state index contributed by atoms with van der Waals surface area (Å²) >= 11 is 0. The highest BCUT2D eigenvalue weighted by Crippen LogP contribution is 2.30. The summed E-state index contributed by atoms with van der Waals surface area (Å²) in [5, 5.41) is 3.19. The van der Waals surface area contributed by atoms with Crippen molar-refractivity contribution in [2.75, 3.05) is 0 Å². The van der Waals surface area contributed by atoms with E-state index < -0.39 is 0 Å². The molecule has 1 N–H and O–H groups in total. The molecule has 0 bridgehead atoms. The van der Waals surface area contributed by atoms with Crippen LogP contribution in [0.5, 0.6) is 0 Å². The first-order valence-corrected chi connectivity index (χ1v) is 10.4. The molecule has 0 aliphatic carbocycles. The minimum absolute atomic E-state index is 0.283. The fourth-order valence-electron chi connectivity index (χ4n) is 2.91. The first kappa shape index (κ1) is 24.3. The van der Waals surface area contributed by atoms with Crippen LogP contribution in [-0.2, 0) is 11.8 Å². The van der Waals surface area contributed by atoms with Crippen molar-refractivity contribution in [3.63, 3.8) is 0 Å². The lowest BCUT2D eigenvalue weighted by molar-refractivity contribution is 0.509. The van der Waals surface area contributed by atoms with E-state index in [4.69, 9.17) is 6.42 Å². The van der Waals surface area contributed by atoms with Crippen molar-refractivity contribution in [1.29, 1.82) is 0 Å². The lowest BCUT2D eigenvalue weighted by Gasteiger charge is -2.19. The SMILES string of the molecule is C#CC1=C(C(CCC)CCC)N1.CC.CCc1cccc(C(C)(C)C)c1. The largest absolute Gasteiger partial charge is 0.348 e. The second-order valence-electron chi connectivity index (χ2n) is 7.64. The molecule has 2 rings (SSSR count). The van der Waals surface area contributed by atoms with Crippen LogP contribution >= 0.6 is 0 Å². The standard InChI is InChI=1S/C12H18.C11H17N.C2H6/c1-5-10-7-6-8-11(9-10)12(2,3)4;1-4-7-9(8-5-2)11-10(6-3)12-11;1-2/h6-9H,5H2,1-4H3;3,9,12H,4-5,7-8H2,1-2H3;1-2H3. The Morgan fingerprint density at radius 2 is 1.62 bits per heavy atom. The monoisotopic (exact) mass is 355 g/mol. The van der Waals surface area contributed by atoms with Crippen molar-refractivity contribution in [3.05, 3.63) is 46.8 Å². The van der Waals surface area contributed by atoms with E-state index >= 15 is 0 Å². The van der Waals surface area contributed by atoms with Crippen molar-refractivity contribution >= 4 is 0 Å². The molecular formula is C25H41N. The van der Waals surface area contributed by atoms with Gasteiger partial charge in [0.2, 0.25) is 0 Å². The second kappa shape index (κ2) is 12.6. The highest BCUT2D eigenvalue weighted by molar-refractivity contribution is 5.44. The van der Waals surface area contributed by atoms with Crippen LogP contribution < -0.4 is 5.32 Å². The maximum absolute atomic E-state index is 5.28. The van der Waals surface area contributed by atoms with Gasteiger partial charge in [0.1, 0.15) is 5.70 Å². The number of nitrogens with one attached hydrogen (secondary N) is 1. The maximum atomic E-state index is 5.28. The van der Waals surface area contributed by atoms with Gasteiger partial charge in [-0.05, 0) is 35.8 Å². The van der Waals surface area contributed by atoms with Gasteiger partial charge < -0.3 is 5.32 Å². The predicted octanol–water partition coefficient (Wildman–Crippen LogP) is 7.22.